The summed E-state index contributed by atoms with van der Waals surface area (Å²) in [5, 5.41) is 0. The molecule has 2 aromatic rings. The molecule has 0 aromatic heterocycles. The van der Waals surface area contributed by atoms with Crippen LogP contribution in [-0.2, 0) is 10.8 Å². The molecule has 2 nitrogen and oxygen atoms in total. The molecule has 0 amide bonds. The Bertz CT molecular complexity index is 673. The van der Waals surface area contributed by atoms with E-state index in [-0.39, 0.29) is 10.8 Å². The van der Waals surface area contributed by atoms with E-state index in [9.17, 15) is 0 Å². The zero-order valence-electron chi connectivity index (χ0n) is 16.5. The molecule has 0 atom stereocenters. The highest BCUT2D eigenvalue weighted by Crippen LogP contribution is 2.37. The summed E-state index contributed by atoms with van der Waals surface area (Å²) in [6.07, 6.45) is 0. The van der Waals surface area contributed by atoms with Crippen LogP contribution in [-0.4, -0.2) is 14.2 Å². The molecule has 0 aliphatic carbocycles. The van der Waals surface area contributed by atoms with Gasteiger partial charge in [-0.1, -0.05) is 53.3 Å². The van der Waals surface area contributed by atoms with E-state index in [1.54, 1.807) is 26.0 Å². The fraction of sp³-hybridized carbons (Fsp3) is 0.455. The lowest BCUT2D eigenvalue weighted by Crippen LogP contribution is -2.12. The average molecular weight is 357 g/mol. The monoisotopic (exact) mass is 356 g/mol. The third-order valence-electron chi connectivity index (χ3n) is 3.94. The van der Waals surface area contributed by atoms with Crippen molar-refractivity contribution in [3.05, 3.63) is 47.5 Å². The van der Waals surface area contributed by atoms with Crippen molar-refractivity contribution in [2.24, 2.45) is 0 Å². The van der Waals surface area contributed by atoms with E-state index < -0.39 is 0 Å². The Morgan fingerprint density at radius 3 is 1.32 bits per heavy atom. The van der Waals surface area contributed by atoms with Gasteiger partial charge in [-0.05, 0) is 46.2 Å². The van der Waals surface area contributed by atoms with Gasteiger partial charge in [-0.2, -0.15) is 0 Å². The summed E-state index contributed by atoms with van der Waals surface area (Å²) in [7, 11) is 3.40. The molecule has 0 saturated carbocycles. The Morgan fingerprint density at radius 1 is 0.680 bits per heavy atom. The molecule has 0 bridgehead atoms. The standard InChI is InChI=1S/C22H28O2S/c1-21(2,3)15-9-17(23-7)13-19(11-15)25-20-12-16(22(4,5)6)10-18(14-20)24-8/h9-10,13-14H,1-8H3. The highest BCUT2D eigenvalue weighted by atomic mass is 32.2. The number of methoxy groups -OCH3 is 2. The molecule has 0 aliphatic heterocycles. The van der Waals surface area contributed by atoms with Crippen LogP contribution in [0.2, 0.25) is 0 Å². The van der Waals surface area contributed by atoms with Crippen LogP contribution >= 0.6 is 11.8 Å². The zero-order chi connectivity index (χ0) is 18.8. The van der Waals surface area contributed by atoms with E-state index in [4.69, 9.17) is 9.47 Å². The summed E-state index contributed by atoms with van der Waals surface area (Å²) in [4.78, 5) is 2.04. The smallest absolute Gasteiger partial charge is 0.120 e. The fourth-order valence-electron chi connectivity index (χ4n) is 2.31. The first-order chi connectivity index (χ1) is 11.5. The van der Waals surface area contributed by atoms with Crippen LogP contribution in [0.5, 0.6) is 11.5 Å². The van der Waals surface area contributed by atoms with Crippen molar-refractivity contribution < 1.29 is 9.47 Å². The molecule has 0 heterocycles. The quantitative estimate of drug-likeness (QED) is 0.664. The van der Waals surface area contributed by atoms with Crippen molar-refractivity contribution in [2.45, 2.75) is 62.2 Å². The maximum absolute atomic E-state index is 5.48. The third kappa shape index (κ3) is 5.18. The topological polar surface area (TPSA) is 18.5 Å². The molecule has 0 saturated heterocycles. The van der Waals surface area contributed by atoms with Crippen molar-refractivity contribution in [3.8, 4) is 11.5 Å². The summed E-state index contributed by atoms with van der Waals surface area (Å²) in [5.41, 5.74) is 2.29. The van der Waals surface area contributed by atoms with Crippen molar-refractivity contribution in [1.29, 1.82) is 0 Å². The molecule has 2 rings (SSSR count). The van der Waals surface area contributed by atoms with E-state index >= 15 is 0 Å². The zero-order valence-corrected chi connectivity index (χ0v) is 17.4. The van der Waals surface area contributed by atoms with Crippen LogP contribution in [0.3, 0.4) is 0 Å². The molecule has 0 fully saturated rings. The van der Waals surface area contributed by atoms with Gasteiger partial charge in [0, 0.05) is 21.9 Å². The van der Waals surface area contributed by atoms with E-state index in [0.29, 0.717) is 0 Å². The van der Waals surface area contributed by atoms with Gasteiger partial charge in [0.05, 0.1) is 14.2 Å². The van der Waals surface area contributed by atoms with Gasteiger partial charge in [-0.25, -0.2) is 0 Å². The highest BCUT2D eigenvalue weighted by molar-refractivity contribution is 7.99. The number of hydrogen-bond donors (Lipinski definition) is 0. The van der Waals surface area contributed by atoms with Crippen molar-refractivity contribution in [3.63, 3.8) is 0 Å². The first-order valence-electron chi connectivity index (χ1n) is 8.44. The normalized spacial score (nSPS) is 12.2. The molecule has 2 radical (unpaired) electrons. The predicted molar refractivity (Wildman–Crippen MR) is 105 cm³/mol. The van der Waals surface area contributed by atoms with Gasteiger partial charge in [-0.3, -0.25) is 0 Å². The molecule has 3 heteroatoms. The lowest BCUT2D eigenvalue weighted by atomic mass is 9.87. The van der Waals surface area contributed by atoms with Crippen LogP contribution < -0.4 is 9.47 Å². The first kappa shape index (κ1) is 19.7. The number of rotatable bonds is 4. The van der Waals surface area contributed by atoms with Gasteiger partial charge in [0.25, 0.3) is 0 Å². The minimum absolute atomic E-state index is 0.0124. The SMILES string of the molecule is COc1cc(Sc2[c]c(C(C)(C)C)cc(OC)c2)[c]c(C(C)(C)C)c1. The van der Waals surface area contributed by atoms with Crippen molar-refractivity contribution >= 4 is 11.8 Å². The van der Waals surface area contributed by atoms with Crippen LogP contribution in [0.4, 0.5) is 0 Å². The molecule has 0 spiro atoms. The van der Waals surface area contributed by atoms with Gasteiger partial charge < -0.3 is 9.47 Å². The Hall–Kier alpha value is -1.61. The second-order valence-electron chi connectivity index (χ2n) is 8.20. The number of benzene rings is 2. The maximum Gasteiger partial charge on any atom is 0.120 e. The largest absolute Gasteiger partial charge is 0.497 e. The summed E-state index contributed by atoms with van der Waals surface area (Å²) in [5.74, 6) is 1.70. The van der Waals surface area contributed by atoms with Gasteiger partial charge in [0.1, 0.15) is 11.5 Å². The molecule has 0 aliphatic rings. The van der Waals surface area contributed by atoms with Gasteiger partial charge in [-0.15, -0.1) is 0 Å². The highest BCUT2D eigenvalue weighted by Gasteiger charge is 2.19. The van der Waals surface area contributed by atoms with E-state index in [0.717, 1.165) is 32.4 Å². The fourth-order valence-corrected chi connectivity index (χ4v) is 3.22. The number of hydrogen-bond acceptors (Lipinski definition) is 3. The minimum Gasteiger partial charge on any atom is -0.497 e. The second-order valence-corrected chi connectivity index (χ2v) is 9.28. The molecule has 0 N–H and O–H groups in total. The summed E-state index contributed by atoms with van der Waals surface area (Å²) >= 11 is 1.64. The minimum atomic E-state index is 0.0124. The molecule has 134 valence electrons. The van der Waals surface area contributed by atoms with Gasteiger partial charge in [0.2, 0.25) is 0 Å². The van der Waals surface area contributed by atoms with E-state index in [2.05, 4.69) is 65.8 Å². The van der Waals surface area contributed by atoms with E-state index in [1.165, 1.54) is 0 Å². The lowest BCUT2D eigenvalue weighted by molar-refractivity contribution is 0.411. The molecule has 2 aromatic carbocycles. The Morgan fingerprint density at radius 2 is 1.04 bits per heavy atom. The molecular formula is C22H28O2S. The van der Waals surface area contributed by atoms with E-state index in [1.807, 2.05) is 12.1 Å². The third-order valence-corrected chi connectivity index (χ3v) is 4.82. The van der Waals surface area contributed by atoms with Gasteiger partial charge in [0.15, 0.2) is 0 Å². The van der Waals surface area contributed by atoms with Crippen LogP contribution in [0.25, 0.3) is 0 Å². The van der Waals surface area contributed by atoms with Crippen molar-refractivity contribution in [1.82, 2.24) is 0 Å². The average Bonchev–Trinajstić information content (AvgIpc) is 2.52. The van der Waals surface area contributed by atoms with Crippen LogP contribution in [0.15, 0.2) is 34.1 Å². The maximum atomic E-state index is 5.48. The van der Waals surface area contributed by atoms with Crippen molar-refractivity contribution in [2.75, 3.05) is 14.2 Å². The lowest BCUT2D eigenvalue weighted by Gasteiger charge is -2.22. The number of ether oxygens (including phenoxy) is 2. The Labute approximate surface area is 156 Å². The van der Waals surface area contributed by atoms with Crippen LogP contribution in [0.1, 0.15) is 52.7 Å². The Balaban J connectivity index is 2.45. The van der Waals surface area contributed by atoms with Crippen LogP contribution in [0, 0.1) is 12.1 Å². The molecule has 0 unspecified atom stereocenters. The first-order valence-corrected chi connectivity index (χ1v) is 9.26. The summed E-state index contributed by atoms with van der Waals surface area (Å²) in [6, 6.07) is 15.2. The van der Waals surface area contributed by atoms with Gasteiger partial charge >= 0.3 is 0 Å². The summed E-state index contributed by atoms with van der Waals surface area (Å²) in [6.45, 7) is 13.1. The molecule has 25 heavy (non-hydrogen) atoms. The Kier molecular flexibility index (Phi) is 5.78. The molecular weight excluding hydrogens is 328 g/mol. The predicted octanol–water partition coefficient (Wildman–Crippen LogP) is 6.05. The summed E-state index contributed by atoms with van der Waals surface area (Å²) < 4.78 is 11.0. The second kappa shape index (κ2) is 7.33.